The summed E-state index contributed by atoms with van der Waals surface area (Å²) in [7, 11) is 0. The molecule has 1 unspecified atom stereocenters. The molecule has 0 aromatic carbocycles. The van der Waals surface area contributed by atoms with Gasteiger partial charge in [0.15, 0.2) is 0 Å². The van der Waals surface area contributed by atoms with Crippen LogP contribution in [0.2, 0.25) is 0 Å². The molecule has 0 radical (unpaired) electrons. The molecule has 1 aliphatic rings. The van der Waals surface area contributed by atoms with E-state index in [9.17, 15) is 4.91 Å². The smallest absolute Gasteiger partial charge is 0.121 e. The molecule has 0 aromatic rings. The van der Waals surface area contributed by atoms with E-state index in [2.05, 4.69) is 12.1 Å². The Hall–Kier alpha value is -0.660. The normalized spacial score (nSPS) is 33.1. The summed E-state index contributed by atoms with van der Waals surface area (Å²) in [5.74, 6) is 0. The Labute approximate surface area is 61.3 Å². The Morgan fingerprint density at radius 2 is 2.10 bits per heavy atom. The van der Waals surface area contributed by atoms with Crippen LogP contribution in [0.15, 0.2) is 16.3 Å². The zero-order chi connectivity index (χ0) is 7.78. The van der Waals surface area contributed by atoms with Crippen molar-refractivity contribution in [3.05, 3.63) is 16.1 Å². The number of hydrogen-bond donors (Lipinski definition) is 0. The molecule has 0 aliphatic heterocycles. The Balaban J connectivity index is 2.95. The highest BCUT2D eigenvalue weighted by Crippen LogP contribution is 2.37. The zero-order valence-electron chi connectivity index (χ0n) is 6.77. The van der Waals surface area contributed by atoms with E-state index in [1.54, 1.807) is 0 Å². The van der Waals surface area contributed by atoms with Crippen molar-refractivity contribution in [2.75, 3.05) is 0 Å². The SMILES string of the molecule is CC1=C(C)C(C)(N=O)CC1. The quantitative estimate of drug-likeness (QED) is 0.405. The molecule has 1 aliphatic carbocycles. The molecule has 0 N–H and O–H groups in total. The summed E-state index contributed by atoms with van der Waals surface area (Å²) in [5.41, 5.74) is 2.12. The molecule has 0 fully saturated rings. The molecule has 0 heterocycles. The molecule has 0 aromatic heterocycles. The molecular weight excluding hydrogens is 126 g/mol. The first-order chi connectivity index (χ1) is 4.60. The van der Waals surface area contributed by atoms with Crippen molar-refractivity contribution in [2.24, 2.45) is 5.18 Å². The van der Waals surface area contributed by atoms with Crippen molar-refractivity contribution in [2.45, 2.75) is 39.2 Å². The molecule has 10 heavy (non-hydrogen) atoms. The van der Waals surface area contributed by atoms with E-state index in [4.69, 9.17) is 0 Å². The van der Waals surface area contributed by atoms with Crippen LogP contribution in [0.3, 0.4) is 0 Å². The molecule has 2 heteroatoms. The van der Waals surface area contributed by atoms with Gasteiger partial charge in [0.2, 0.25) is 0 Å². The van der Waals surface area contributed by atoms with E-state index in [-0.39, 0.29) is 5.54 Å². The first-order valence-corrected chi connectivity index (χ1v) is 3.61. The van der Waals surface area contributed by atoms with Crippen molar-refractivity contribution in [1.29, 1.82) is 0 Å². The molecule has 0 spiro atoms. The predicted molar refractivity (Wildman–Crippen MR) is 41.8 cm³/mol. The van der Waals surface area contributed by atoms with E-state index < -0.39 is 0 Å². The zero-order valence-corrected chi connectivity index (χ0v) is 6.77. The number of rotatable bonds is 1. The van der Waals surface area contributed by atoms with Crippen LogP contribution in [0.25, 0.3) is 0 Å². The second-order valence-electron chi connectivity index (χ2n) is 3.27. The van der Waals surface area contributed by atoms with Gasteiger partial charge in [0.05, 0.1) is 0 Å². The van der Waals surface area contributed by atoms with Crippen molar-refractivity contribution in [3.63, 3.8) is 0 Å². The highest BCUT2D eigenvalue weighted by Gasteiger charge is 2.33. The van der Waals surface area contributed by atoms with Gasteiger partial charge >= 0.3 is 0 Å². The number of allylic oxidation sites excluding steroid dienone is 1. The van der Waals surface area contributed by atoms with Gasteiger partial charge in [0.1, 0.15) is 5.54 Å². The third kappa shape index (κ3) is 0.877. The average Bonchev–Trinajstić information content (AvgIpc) is 2.19. The largest absolute Gasteiger partial charge is 0.150 e. The molecular formula is C8H13NO. The summed E-state index contributed by atoms with van der Waals surface area (Å²) in [4.78, 5) is 10.4. The number of nitrogens with zero attached hydrogens (tertiary/aromatic N) is 1. The van der Waals surface area contributed by atoms with Gasteiger partial charge < -0.3 is 0 Å². The second kappa shape index (κ2) is 2.19. The fourth-order valence-corrected chi connectivity index (χ4v) is 1.38. The minimum Gasteiger partial charge on any atom is -0.150 e. The van der Waals surface area contributed by atoms with Gasteiger partial charge in [0, 0.05) is 0 Å². The van der Waals surface area contributed by atoms with E-state index in [1.807, 2.05) is 13.8 Å². The lowest BCUT2D eigenvalue weighted by atomic mass is 9.96. The monoisotopic (exact) mass is 139 g/mol. The third-order valence-electron chi connectivity index (χ3n) is 2.64. The third-order valence-corrected chi connectivity index (χ3v) is 2.64. The van der Waals surface area contributed by atoms with Crippen LogP contribution < -0.4 is 0 Å². The average molecular weight is 139 g/mol. The van der Waals surface area contributed by atoms with Gasteiger partial charge in [-0.1, -0.05) is 10.7 Å². The molecule has 56 valence electrons. The molecule has 0 saturated carbocycles. The number of hydrogen-bond acceptors (Lipinski definition) is 2. The fraction of sp³-hybridized carbons (Fsp3) is 0.750. The molecule has 1 rings (SSSR count). The summed E-state index contributed by atoms with van der Waals surface area (Å²) in [6.45, 7) is 5.99. The lowest BCUT2D eigenvalue weighted by Gasteiger charge is -2.15. The van der Waals surface area contributed by atoms with E-state index in [0.29, 0.717) is 0 Å². The first kappa shape index (κ1) is 7.45. The van der Waals surface area contributed by atoms with Gasteiger partial charge in [0.25, 0.3) is 0 Å². The summed E-state index contributed by atoms with van der Waals surface area (Å²) in [6.07, 6.45) is 1.93. The Bertz CT molecular complexity index is 195. The van der Waals surface area contributed by atoms with Crippen LogP contribution in [0, 0.1) is 4.91 Å². The van der Waals surface area contributed by atoms with Gasteiger partial charge in [-0.25, -0.2) is 0 Å². The molecule has 0 bridgehead atoms. The molecule has 1 atom stereocenters. The highest BCUT2D eigenvalue weighted by molar-refractivity contribution is 5.28. The van der Waals surface area contributed by atoms with Crippen molar-refractivity contribution >= 4 is 0 Å². The van der Waals surface area contributed by atoms with Crippen LogP contribution in [0.5, 0.6) is 0 Å². The molecule has 2 nitrogen and oxygen atoms in total. The van der Waals surface area contributed by atoms with E-state index >= 15 is 0 Å². The standard InChI is InChI=1S/C8H13NO/c1-6-4-5-8(3,9-10)7(6)2/h4-5H2,1-3H3. The summed E-state index contributed by atoms with van der Waals surface area (Å²) in [6, 6.07) is 0. The Morgan fingerprint density at radius 1 is 1.50 bits per heavy atom. The van der Waals surface area contributed by atoms with E-state index in [1.165, 1.54) is 11.1 Å². The first-order valence-electron chi connectivity index (χ1n) is 3.61. The van der Waals surface area contributed by atoms with Gasteiger partial charge in [-0.2, -0.15) is 0 Å². The minimum atomic E-state index is -0.385. The van der Waals surface area contributed by atoms with Crippen molar-refractivity contribution < 1.29 is 0 Å². The summed E-state index contributed by atoms with van der Waals surface area (Å²) in [5, 5.41) is 3.14. The van der Waals surface area contributed by atoms with Crippen LogP contribution in [0.1, 0.15) is 33.6 Å². The van der Waals surface area contributed by atoms with Crippen LogP contribution in [-0.2, 0) is 0 Å². The van der Waals surface area contributed by atoms with Gasteiger partial charge in [-0.15, -0.1) is 4.91 Å². The molecule has 0 saturated heterocycles. The maximum atomic E-state index is 10.4. The van der Waals surface area contributed by atoms with Crippen LogP contribution >= 0.6 is 0 Å². The lowest BCUT2D eigenvalue weighted by Crippen LogP contribution is -2.18. The van der Waals surface area contributed by atoms with Crippen LogP contribution in [0.4, 0.5) is 0 Å². The lowest BCUT2D eigenvalue weighted by molar-refractivity contribution is 0.542. The van der Waals surface area contributed by atoms with Gasteiger partial charge in [-0.05, 0) is 39.2 Å². The van der Waals surface area contributed by atoms with Gasteiger partial charge in [-0.3, -0.25) is 0 Å². The second-order valence-corrected chi connectivity index (χ2v) is 3.27. The highest BCUT2D eigenvalue weighted by atomic mass is 16.3. The topological polar surface area (TPSA) is 29.4 Å². The Morgan fingerprint density at radius 3 is 2.30 bits per heavy atom. The van der Waals surface area contributed by atoms with Crippen molar-refractivity contribution in [3.8, 4) is 0 Å². The maximum Gasteiger partial charge on any atom is 0.121 e. The predicted octanol–water partition coefficient (Wildman–Crippen LogP) is 2.64. The van der Waals surface area contributed by atoms with Crippen molar-refractivity contribution in [1.82, 2.24) is 0 Å². The van der Waals surface area contributed by atoms with E-state index in [0.717, 1.165) is 12.8 Å². The maximum absolute atomic E-state index is 10.4. The molecule has 0 amide bonds. The minimum absolute atomic E-state index is 0.385. The Kier molecular flexibility index (Phi) is 1.63. The van der Waals surface area contributed by atoms with Crippen LogP contribution in [-0.4, -0.2) is 5.54 Å². The summed E-state index contributed by atoms with van der Waals surface area (Å²) < 4.78 is 0. The fourth-order valence-electron chi connectivity index (χ4n) is 1.38. The number of nitroso groups, excluding NO2 is 1. The summed E-state index contributed by atoms with van der Waals surface area (Å²) >= 11 is 0.